The van der Waals surface area contributed by atoms with Gasteiger partial charge in [0.25, 0.3) is 0 Å². The number of esters is 1. The van der Waals surface area contributed by atoms with Crippen LogP contribution in [0.1, 0.15) is 49.5 Å². The minimum Gasteiger partial charge on any atom is -0.468 e. The maximum Gasteiger partial charge on any atom is 0.323 e. The van der Waals surface area contributed by atoms with E-state index >= 15 is 0 Å². The van der Waals surface area contributed by atoms with E-state index in [1.54, 1.807) is 6.20 Å². The van der Waals surface area contributed by atoms with Crippen molar-refractivity contribution in [2.75, 3.05) is 7.11 Å². The van der Waals surface area contributed by atoms with E-state index in [-0.39, 0.29) is 5.97 Å². The average Bonchev–Trinajstić information content (AvgIpc) is 2.87. The zero-order valence-electron chi connectivity index (χ0n) is 10.8. The summed E-state index contributed by atoms with van der Waals surface area (Å²) in [6.07, 6.45) is 8.53. The maximum atomic E-state index is 11.2. The lowest BCUT2D eigenvalue weighted by atomic mass is 9.89. The third kappa shape index (κ3) is 3.10. The lowest BCUT2D eigenvalue weighted by Crippen LogP contribution is -2.33. The molecule has 1 fully saturated rings. The van der Waals surface area contributed by atoms with Crippen LogP contribution in [0.15, 0.2) is 6.20 Å². The van der Waals surface area contributed by atoms with Gasteiger partial charge >= 0.3 is 5.97 Å². The Morgan fingerprint density at radius 2 is 2.28 bits per heavy atom. The summed E-state index contributed by atoms with van der Waals surface area (Å²) in [5, 5.41) is 0. The molecule has 0 radical (unpaired) electrons. The fourth-order valence-electron chi connectivity index (χ4n) is 2.54. The number of carbonyl (C=O) groups is 1. The van der Waals surface area contributed by atoms with Gasteiger partial charge in [0.1, 0.15) is 11.9 Å². The second kappa shape index (κ2) is 6.00. The molecule has 5 nitrogen and oxygen atoms in total. The van der Waals surface area contributed by atoms with E-state index in [0.29, 0.717) is 12.3 Å². The summed E-state index contributed by atoms with van der Waals surface area (Å²) in [5.74, 6) is 1.20. The molecule has 1 aromatic rings. The summed E-state index contributed by atoms with van der Waals surface area (Å²) in [6.45, 7) is 0. The van der Waals surface area contributed by atoms with E-state index in [1.165, 1.54) is 39.2 Å². The predicted octanol–water partition coefficient (Wildman–Crippen LogP) is 1.50. The molecule has 1 atom stereocenters. The highest BCUT2D eigenvalue weighted by molar-refractivity contribution is 5.75. The van der Waals surface area contributed by atoms with E-state index in [2.05, 4.69) is 14.7 Å². The number of hydrogen-bond acceptors (Lipinski definition) is 4. The third-order valence-corrected chi connectivity index (χ3v) is 3.58. The van der Waals surface area contributed by atoms with Gasteiger partial charge in [0.05, 0.1) is 7.11 Å². The summed E-state index contributed by atoms with van der Waals surface area (Å²) in [5.41, 5.74) is 6.64. The van der Waals surface area contributed by atoms with Gasteiger partial charge in [-0.25, -0.2) is 4.98 Å². The minimum atomic E-state index is -0.616. The molecule has 0 spiro atoms. The first-order chi connectivity index (χ1) is 8.70. The number of imidazole rings is 1. The Bertz CT molecular complexity index is 397. The van der Waals surface area contributed by atoms with Crippen molar-refractivity contribution < 1.29 is 9.53 Å². The molecule has 0 aromatic carbocycles. The van der Waals surface area contributed by atoms with Crippen LogP contribution < -0.4 is 5.73 Å². The van der Waals surface area contributed by atoms with Gasteiger partial charge in [0.15, 0.2) is 0 Å². The van der Waals surface area contributed by atoms with Gasteiger partial charge < -0.3 is 15.5 Å². The molecule has 0 saturated heterocycles. The van der Waals surface area contributed by atoms with Gasteiger partial charge in [-0.2, -0.15) is 0 Å². The molecule has 5 heteroatoms. The first-order valence-corrected chi connectivity index (χ1v) is 6.58. The quantitative estimate of drug-likeness (QED) is 0.795. The van der Waals surface area contributed by atoms with Crippen LogP contribution in [-0.2, 0) is 16.0 Å². The molecule has 0 aliphatic heterocycles. The molecule has 1 saturated carbocycles. The number of H-pyrrole nitrogens is 1. The minimum absolute atomic E-state index is 0.385. The fraction of sp³-hybridized carbons (Fsp3) is 0.692. The summed E-state index contributed by atoms with van der Waals surface area (Å²) in [6, 6.07) is -0.616. The van der Waals surface area contributed by atoms with Crippen LogP contribution >= 0.6 is 0 Å². The van der Waals surface area contributed by atoms with Crippen LogP contribution in [-0.4, -0.2) is 29.1 Å². The van der Waals surface area contributed by atoms with E-state index in [4.69, 9.17) is 5.73 Å². The number of ether oxygens (including phenoxy) is 1. The van der Waals surface area contributed by atoms with E-state index in [0.717, 1.165) is 11.5 Å². The number of nitrogens with one attached hydrogen (secondary N) is 1. The summed E-state index contributed by atoms with van der Waals surface area (Å²) in [4.78, 5) is 19.0. The van der Waals surface area contributed by atoms with Crippen molar-refractivity contribution in [2.45, 2.75) is 50.5 Å². The summed E-state index contributed by atoms with van der Waals surface area (Å²) >= 11 is 0. The number of methoxy groups -OCH3 is 1. The molecule has 2 rings (SSSR count). The van der Waals surface area contributed by atoms with E-state index in [9.17, 15) is 4.79 Å². The van der Waals surface area contributed by atoms with Crippen molar-refractivity contribution in [3.63, 3.8) is 0 Å². The van der Waals surface area contributed by atoms with Gasteiger partial charge in [-0.1, -0.05) is 19.3 Å². The zero-order chi connectivity index (χ0) is 13.0. The van der Waals surface area contributed by atoms with Crippen LogP contribution in [0, 0.1) is 0 Å². The lowest BCUT2D eigenvalue weighted by molar-refractivity contribution is -0.142. The molecule has 0 bridgehead atoms. The van der Waals surface area contributed by atoms with E-state index in [1.807, 2.05) is 0 Å². The van der Waals surface area contributed by atoms with Gasteiger partial charge in [-0.05, 0) is 12.8 Å². The third-order valence-electron chi connectivity index (χ3n) is 3.58. The van der Waals surface area contributed by atoms with Gasteiger partial charge in [0, 0.05) is 24.2 Å². The van der Waals surface area contributed by atoms with Crippen LogP contribution in [0.2, 0.25) is 0 Å². The molecule has 0 unspecified atom stereocenters. The molecule has 18 heavy (non-hydrogen) atoms. The Labute approximate surface area is 107 Å². The normalized spacial score (nSPS) is 18.6. The number of nitrogens with zero attached hydrogens (tertiary/aromatic N) is 1. The number of hydrogen-bond donors (Lipinski definition) is 2. The SMILES string of the molecule is COC(=O)[C@@H](N)Cc1cnc(C2CCCCC2)[nH]1. The smallest absolute Gasteiger partial charge is 0.323 e. The van der Waals surface area contributed by atoms with Crippen LogP contribution in [0.4, 0.5) is 0 Å². The standard InChI is InChI=1S/C13H21N3O2/c1-18-13(17)11(14)7-10-8-15-12(16-10)9-5-3-2-4-6-9/h8-9,11H,2-7,14H2,1H3,(H,15,16)/t11-/m0/s1. The Balaban J connectivity index is 1.95. The highest BCUT2D eigenvalue weighted by atomic mass is 16.5. The number of nitrogens with two attached hydrogens (primary N) is 1. The number of aromatic amines is 1. The second-order valence-electron chi connectivity index (χ2n) is 4.96. The average molecular weight is 251 g/mol. The largest absolute Gasteiger partial charge is 0.468 e. The second-order valence-corrected chi connectivity index (χ2v) is 4.96. The molecule has 1 aliphatic carbocycles. The first kappa shape index (κ1) is 13.1. The van der Waals surface area contributed by atoms with Gasteiger partial charge in [-0.15, -0.1) is 0 Å². The Morgan fingerprint density at radius 1 is 1.56 bits per heavy atom. The highest BCUT2D eigenvalue weighted by Gasteiger charge is 2.20. The first-order valence-electron chi connectivity index (χ1n) is 6.58. The Morgan fingerprint density at radius 3 is 2.94 bits per heavy atom. The van der Waals surface area contributed by atoms with Crippen LogP contribution in [0.5, 0.6) is 0 Å². The van der Waals surface area contributed by atoms with E-state index < -0.39 is 6.04 Å². The Hall–Kier alpha value is -1.36. The molecule has 1 aliphatic rings. The number of carbonyl (C=O) groups excluding carboxylic acids is 1. The molecule has 100 valence electrons. The molecular weight excluding hydrogens is 230 g/mol. The van der Waals surface area contributed by atoms with Crippen LogP contribution in [0.25, 0.3) is 0 Å². The summed E-state index contributed by atoms with van der Waals surface area (Å²) in [7, 11) is 1.35. The highest BCUT2D eigenvalue weighted by Crippen LogP contribution is 2.30. The predicted molar refractivity (Wildman–Crippen MR) is 68.1 cm³/mol. The zero-order valence-corrected chi connectivity index (χ0v) is 10.8. The maximum absolute atomic E-state index is 11.2. The number of aromatic nitrogens is 2. The van der Waals surface area contributed by atoms with Crippen molar-refractivity contribution >= 4 is 5.97 Å². The van der Waals surface area contributed by atoms with Crippen molar-refractivity contribution in [1.82, 2.24) is 9.97 Å². The summed E-state index contributed by atoms with van der Waals surface area (Å²) < 4.78 is 4.61. The molecule has 1 aromatic heterocycles. The lowest BCUT2D eigenvalue weighted by Gasteiger charge is -2.19. The fourth-order valence-corrected chi connectivity index (χ4v) is 2.54. The topological polar surface area (TPSA) is 81.0 Å². The molecule has 3 N–H and O–H groups in total. The van der Waals surface area contributed by atoms with Gasteiger partial charge in [0.2, 0.25) is 0 Å². The molecule has 1 heterocycles. The monoisotopic (exact) mass is 251 g/mol. The van der Waals surface area contributed by atoms with Crippen molar-refractivity contribution in [3.8, 4) is 0 Å². The van der Waals surface area contributed by atoms with Gasteiger partial charge in [-0.3, -0.25) is 4.79 Å². The molecular formula is C13H21N3O2. The molecule has 0 amide bonds. The van der Waals surface area contributed by atoms with Crippen molar-refractivity contribution in [1.29, 1.82) is 0 Å². The van der Waals surface area contributed by atoms with Crippen molar-refractivity contribution in [2.24, 2.45) is 5.73 Å². The number of rotatable bonds is 4. The van der Waals surface area contributed by atoms with Crippen molar-refractivity contribution in [3.05, 3.63) is 17.7 Å². The Kier molecular flexibility index (Phi) is 4.36. The van der Waals surface area contributed by atoms with Crippen LogP contribution in [0.3, 0.4) is 0 Å².